The van der Waals surface area contributed by atoms with Gasteiger partial charge in [-0.1, -0.05) is 6.07 Å². The standard InChI is InChI=1S/C17H18O8/c18-3-4-24-9-6-12(21)14-13(7-9)25-17(16(23)15(14)22)8-1-2-10(19)11(20)5-8/h1-2,5-7,15-23H,3-4H2. The summed E-state index contributed by atoms with van der Waals surface area (Å²) in [6.45, 7) is -0.200. The van der Waals surface area contributed by atoms with Gasteiger partial charge in [0.15, 0.2) is 17.6 Å². The summed E-state index contributed by atoms with van der Waals surface area (Å²) in [7, 11) is 0. The maximum Gasteiger partial charge on any atom is 0.157 e. The van der Waals surface area contributed by atoms with E-state index in [4.69, 9.17) is 14.6 Å². The molecule has 0 radical (unpaired) electrons. The van der Waals surface area contributed by atoms with Gasteiger partial charge in [0, 0.05) is 12.1 Å². The fraction of sp³-hybridized carbons (Fsp3) is 0.294. The first kappa shape index (κ1) is 17.2. The van der Waals surface area contributed by atoms with Crippen molar-refractivity contribution in [3.8, 4) is 28.7 Å². The number of phenolic OH excluding ortho intramolecular Hbond substituents is 3. The zero-order valence-corrected chi connectivity index (χ0v) is 13.0. The van der Waals surface area contributed by atoms with Gasteiger partial charge in [-0.15, -0.1) is 0 Å². The van der Waals surface area contributed by atoms with E-state index in [0.29, 0.717) is 5.56 Å². The van der Waals surface area contributed by atoms with Crippen molar-refractivity contribution in [2.75, 3.05) is 13.2 Å². The average molecular weight is 350 g/mol. The largest absolute Gasteiger partial charge is 0.507 e. The molecule has 0 aliphatic carbocycles. The molecule has 0 amide bonds. The van der Waals surface area contributed by atoms with Crippen LogP contribution in [0.25, 0.3) is 0 Å². The molecule has 2 aromatic rings. The maximum absolute atomic E-state index is 10.4. The van der Waals surface area contributed by atoms with Gasteiger partial charge in [0.25, 0.3) is 0 Å². The van der Waals surface area contributed by atoms with Crippen LogP contribution in [0.15, 0.2) is 30.3 Å². The quantitative estimate of drug-likeness (QED) is 0.443. The molecular formula is C17H18O8. The molecule has 1 aliphatic rings. The third-order valence-electron chi connectivity index (χ3n) is 3.97. The molecule has 0 saturated heterocycles. The first-order chi connectivity index (χ1) is 11.9. The number of benzene rings is 2. The lowest BCUT2D eigenvalue weighted by atomic mass is 9.91. The van der Waals surface area contributed by atoms with E-state index < -0.39 is 24.1 Å². The minimum Gasteiger partial charge on any atom is -0.507 e. The van der Waals surface area contributed by atoms with Gasteiger partial charge < -0.3 is 40.1 Å². The van der Waals surface area contributed by atoms with Crippen LogP contribution in [0.4, 0.5) is 0 Å². The highest BCUT2D eigenvalue weighted by Crippen LogP contribution is 2.47. The topological polar surface area (TPSA) is 140 Å². The lowest BCUT2D eigenvalue weighted by molar-refractivity contribution is -0.0711. The van der Waals surface area contributed by atoms with Crippen LogP contribution in [0.1, 0.15) is 23.3 Å². The van der Waals surface area contributed by atoms with E-state index in [2.05, 4.69) is 0 Å². The highest BCUT2D eigenvalue weighted by Gasteiger charge is 2.39. The third kappa shape index (κ3) is 3.14. The molecule has 1 heterocycles. The van der Waals surface area contributed by atoms with E-state index in [-0.39, 0.29) is 41.8 Å². The predicted molar refractivity (Wildman–Crippen MR) is 84.8 cm³/mol. The van der Waals surface area contributed by atoms with Crippen LogP contribution < -0.4 is 9.47 Å². The number of aromatic hydroxyl groups is 3. The van der Waals surface area contributed by atoms with Gasteiger partial charge in [-0.3, -0.25) is 0 Å². The lowest BCUT2D eigenvalue weighted by Gasteiger charge is -2.35. The van der Waals surface area contributed by atoms with E-state index in [1.54, 1.807) is 0 Å². The van der Waals surface area contributed by atoms with Crippen LogP contribution in [-0.2, 0) is 0 Å². The summed E-state index contributed by atoms with van der Waals surface area (Å²) in [5, 5.41) is 58.6. The Morgan fingerprint density at radius 1 is 0.960 bits per heavy atom. The van der Waals surface area contributed by atoms with E-state index in [1.807, 2.05) is 0 Å². The molecule has 3 rings (SSSR count). The molecule has 6 N–H and O–H groups in total. The van der Waals surface area contributed by atoms with Crippen molar-refractivity contribution in [3.05, 3.63) is 41.5 Å². The number of hydrogen-bond acceptors (Lipinski definition) is 8. The average Bonchev–Trinajstić information content (AvgIpc) is 2.58. The summed E-state index contributed by atoms with van der Waals surface area (Å²) in [6.07, 6.45) is -3.88. The number of aliphatic hydroxyl groups is 3. The fourth-order valence-corrected chi connectivity index (χ4v) is 2.75. The Hall–Kier alpha value is -2.68. The summed E-state index contributed by atoms with van der Waals surface area (Å²) in [5.74, 6) is -0.711. The highest BCUT2D eigenvalue weighted by atomic mass is 16.5. The fourth-order valence-electron chi connectivity index (χ4n) is 2.75. The number of phenols is 3. The van der Waals surface area contributed by atoms with Crippen molar-refractivity contribution < 1.29 is 40.1 Å². The minimum absolute atomic E-state index is 0.0126. The van der Waals surface area contributed by atoms with Crippen LogP contribution in [0.5, 0.6) is 28.7 Å². The Labute approximate surface area is 142 Å². The molecule has 8 nitrogen and oxygen atoms in total. The second kappa shape index (κ2) is 6.67. The summed E-state index contributed by atoms with van der Waals surface area (Å²) < 4.78 is 10.9. The van der Waals surface area contributed by atoms with Gasteiger partial charge in [0.05, 0.1) is 12.2 Å². The smallest absolute Gasteiger partial charge is 0.157 e. The number of fused-ring (bicyclic) bond motifs is 1. The van der Waals surface area contributed by atoms with E-state index in [1.165, 1.54) is 30.3 Å². The zero-order valence-electron chi connectivity index (χ0n) is 13.0. The summed E-state index contributed by atoms with van der Waals surface area (Å²) in [6, 6.07) is 6.56. The summed E-state index contributed by atoms with van der Waals surface area (Å²) in [5.41, 5.74) is 0.344. The molecule has 0 spiro atoms. The number of aliphatic hydroxyl groups excluding tert-OH is 3. The van der Waals surface area contributed by atoms with Crippen LogP contribution >= 0.6 is 0 Å². The molecular weight excluding hydrogens is 332 g/mol. The van der Waals surface area contributed by atoms with Crippen LogP contribution in [0.2, 0.25) is 0 Å². The molecule has 2 aromatic carbocycles. The van der Waals surface area contributed by atoms with Crippen LogP contribution in [0.3, 0.4) is 0 Å². The van der Waals surface area contributed by atoms with Gasteiger partial charge in [-0.2, -0.15) is 0 Å². The molecule has 3 unspecified atom stereocenters. The summed E-state index contributed by atoms with van der Waals surface area (Å²) in [4.78, 5) is 0. The van der Waals surface area contributed by atoms with Gasteiger partial charge in [0.1, 0.15) is 36.1 Å². The molecule has 0 aromatic heterocycles. The van der Waals surface area contributed by atoms with Crippen molar-refractivity contribution in [1.29, 1.82) is 0 Å². The Balaban J connectivity index is 1.99. The first-order valence-electron chi connectivity index (χ1n) is 7.57. The van der Waals surface area contributed by atoms with Gasteiger partial charge >= 0.3 is 0 Å². The van der Waals surface area contributed by atoms with Gasteiger partial charge in [0.2, 0.25) is 0 Å². The van der Waals surface area contributed by atoms with Crippen molar-refractivity contribution in [2.24, 2.45) is 0 Å². The zero-order chi connectivity index (χ0) is 18.1. The Kier molecular flexibility index (Phi) is 4.58. The predicted octanol–water partition coefficient (Wildman–Crippen LogP) is 0.702. The lowest BCUT2D eigenvalue weighted by Crippen LogP contribution is -2.34. The van der Waals surface area contributed by atoms with Crippen LogP contribution in [-0.4, -0.2) is 50.0 Å². The van der Waals surface area contributed by atoms with Crippen molar-refractivity contribution in [1.82, 2.24) is 0 Å². The van der Waals surface area contributed by atoms with Crippen LogP contribution in [0, 0.1) is 0 Å². The van der Waals surface area contributed by atoms with Crippen molar-refractivity contribution in [2.45, 2.75) is 18.3 Å². The molecule has 8 heteroatoms. The summed E-state index contributed by atoms with van der Waals surface area (Å²) >= 11 is 0. The number of ether oxygens (including phenoxy) is 2. The monoisotopic (exact) mass is 350 g/mol. The molecule has 25 heavy (non-hydrogen) atoms. The molecule has 0 saturated carbocycles. The maximum atomic E-state index is 10.4. The normalized spacial score (nSPS) is 22.1. The Morgan fingerprint density at radius 2 is 1.72 bits per heavy atom. The third-order valence-corrected chi connectivity index (χ3v) is 3.97. The molecule has 134 valence electrons. The van der Waals surface area contributed by atoms with E-state index >= 15 is 0 Å². The molecule has 1 aliphatic heterocycles. The SMILES string of the molecule is OCCOc1cc(O)c2c(c1)OC(c1ccc(O)c(O)c1)C(O)C2O. The van der Waals surface area contributed by atoms with Gasteiger partial charge in [-0.05, 0) is 17.7 Å². The molecule has 0 fully saturated rings. The van der Waals surface area contributed by atoms with E-state index in [0.717, 1.165) is 0 Å². The Morgan fingerprint density at radius 3 is 2.40 bits per heavy atom. The van der Waals surface area contributed by atoms with E-state index in [9.17, 15) is 25.5 Å². The molecule has 3 atom stereocenters. The minimum atomic E-state index is -1.43. The first-order valence-corrected chi connectivity index (χ1v) is 7.57. The molecule has 0 bridgehead atoms. The number of rotatable bonds is 4. The van der Waals surface area contributed by atoms with Gasteiger partial charge in [-0.25, -0.2) is 0 Å². The Bertz CT molecular complexity index is 775. The van der Waals surface area contributed by atoms with Crippen molar-refractivity contribution in [3.63, 3.8) is 0 Å². The highest BCUT2D eigenvalue weighted by molar-refractivity contribution is 5.53. The second-order valence-corrected chi connectivity index (χ2v) is 5.65. The van der Waals surface area contributed by atoms with Crippen molar-refractivity contribution >= 4 is 0 Å². The number of hydrogen-bond donors (Lipinski definition) is 6. The second-order valence-electron chi connectivity index (χ2n) is 5.65.